The van der Waals surface area contributed by atoms with Gasteiger partial charge in [-0.15, -0.1) is 6.58 Å². The zero-order valence-corrected chi connectivity index (χ0v) is 9.14. The highest BCUT2D eigenvalue weighted by atomic mass is 32.1. The fourth-order valence-corrected chi connectivity index (χ4v) is 1.20. The summed E-state index contributed by atoms with van der Waals surface area (Å²) >= 11 is 4.95. The van der Waals surface area contributed by atoms with Crippen LogP contribution in [0.1, 0.15) is 20.3 Å². The van der Waals surface area contributed by atoms with Gasteiger partial charge < -0.3 is 4.74 Å². The van der Waals surface area contributed by atoms with Gasteiger partial charge in [0.05, 0.1) is 4.99 Å². The summed E-state index contributed by atoms with van der Waals surface area (Å²) in [7, 11) is 0. The van der Waals surface area contributed by atoms with E-state index in [0.717, 1.165) is 6.92 Å². The maximum absolute atomic E-state index is 13.7. The zero-order chi connectivity index (χ0) is 11.2. The van der Waals surface area contributed by atoms with E-state index in [1.54, 1.807) is 6.92 Å². The van der Waals surface area contributed by atoms with Crippen LogP contribution in [0.25, 0.3) is 0 Å². The third kappa shape index (κ3) is 3.41. The number of alkyl halides is 1. The number of hydrogen-bond acceptors (Lipinski definition) is 3. The second-order valence-electron chi connectivity index (χ2n) is 2.73. The second kappa shape index (κ2) is 5.70. The van der Waals surface area contributed by atoms with E-state index < -0.39 is 5.98 Å². The minimum absolute atomic E-state index is 0.0639. The summed E-state index contributed by atoms with van der Waals surface area (Å²) in [6.07, 6.45) is 2.00. The Bertz CT molecular complexity index is 231. The van der Waals surface area contributed by atoms with Gasteiger partial charge in [0.25, 0.3) is 6.47 Å². The Hall–Kier alpha value is -0.970. The molecule has 0 aromatic carbocycles. The number of ether oxygens (including phenoxy) is 1. The molecule has 0 N–H and O–H groups in total. The summed E-state index contributed by atoms with van der Waals surface area (Å²) < 4.78 is 18.0. The molecule has 5 heteroatoms. The Morgan fingerprint density at radius 1 is 1.79 bits per heavy atom. The van der Waals surface area contributed by atoms with Crippen molar-refractivity contribution in [2.24, 2.45) is 0 Å². The first-order valence-electron chi connectivity index (χ1n) is 4.21. The molecular weight excluding hydrogens is 205 g/mol. The molecule has 0 rings (SSSR count). The van der Waals surface area contributed by atoms with Crippen molar-refractivity contribution in [3.63, 3.8) is 0 Å². The predicted octanol–water partition coefficient (Wildman–Crippen LogP) is 2.03. The number of hydrogen-bond donors (Lipinski definition) is 0. The Kier molecular flexibility index (Phi) is 5.30. The molecule has 0 amide bonds. The van der Waals surface area contributed by atoms with Crippen LogP contribution in [-0.4, -0.2) is 28.9 Å². The zero-order valence-electron chi connectivity index (χ0n) is 8.33. The molecule has 0 radical (unpaired) electrons. The molecule has 80 valence electrons. The highest BCUT2D eigenvalue weighted by molar-refractivity contribution is 7.80. The topological polar surface area (TPSA) is 29.5 Å². The van der Waals surface area contributed by atoms with Gasteiger partial charge in [-0.1, -0.05) is 25.2 Å². The van der Waals surface area contributed by atoms with Crippen LogP contribution in [0, 0.1) is 0 Å². The van der Waals surface area contributed by atoms with Crippen molar-refractivity contribution in [2.45, 2.75) is 26.2 Å². The highest BCUT2D eigenvalue weighted by Gasteiger charge is 2.33. The van der Waals surface area contributed by atoms with Gasteiger partial charge in [-0.05, 0) is 6.42 Å². The summed E-state index contributed by atoms with van der Waals surface area (Å²) in [6.45, 7) is 6.68. The maximum Gasteiger partial charge on any atom is 0.331 e. The lowest BCUT2D eigenvalue weighted by atomic mass is 10.3. The van der Waals surface area contributed by atoms with Gasteiger partial charge in [-0.2, -0.15) is 4.39 Å². The molecule has 0 fully saturated rings. The van der Waals surface area contributed by atoms with Crippen LogP contribution in [0.4, 0.5) is 4.39 Å². The van der Waals surface area contributed by atoms with Crippen molar-refractivity contribution < 1.29 is 13.9 Å². The lowest BCUT2D eigenvalue weighted by Gasteiger charge is -2.33. The molecule has 1 unspecified atom stereocenters. The van der Waals surface area contributed by atoms with Crippen LogP contribution in [0.3, 0.4) is 0 Å². The van der Waals surface area contributed by atoms with Gasteiger partial charge >= 0.3 is 5.98 Å². The molecule has 0 bridgehead atoms. The van der Waals surface area contributed by atoms with Gasteiger partial charge in [0.15, 0.2) is 0 Å². The number of thiocarbonyl (C=S) groups is 1. The van der Waals surface area contributed by atoms with Gasteiger partial charge in [0.2, 0.25) is 0 Å². The lowest BCUT2D eigenvalue weighted by Crippen LogP contribution is -2.47. The molecule has 0 spiro atoms. The number of rotatable bonds is 6. The van der Waals surface area contributed by atoms with Crippen molar-refractivity contribution in [3.8, 4) is 0 Å². The summed E-state index contributed by atoms with van der Waals surface area (Å²) in [4.78, 5) is 11.6. The average molecular weight is 219 g/mol. The third-order valence-corrected chi connectivity index (χ3v) is 2.17. The number of nitrogens with zero attached hydrogens (tertiary/aromatic N) is 1. The van der Waals surface area contributed by atoms with Crippen LogP contribution in [0.2, 0.25) is 0 Å². The van der Waals surface area contributed by atoms with Crippen molar-refractivity contribution in [2.75, 3.05) is 6.54 Å². The first kappa shape index (κ1) is 13.0. The minimum atomic E-state index is -2.21. The lowest BCUT2D eigenvalue weighted by molar-refractivity contribution is -0.196. The van der Waals surface area contributed by atoms with E-state index in [-0.39, 0.29) is 13.0 Å². The van der Waals surface area contributed by atoms with Crippen LogP contribution in [0.15, 0.2) is 12.7 Å². The molecule has 0 aromatic heterocycles. The molecule has 0 aliphatic carbocycles. The van der Waals surface area contributed by atoms with Gasteiger partial charge in [0, 0.05) is 13.5 Å². The van der Waals surface area contributed by atoms with Gasteiger partial charge in [0.1, 0.15) is 0 Å². The maximum atomic E-state index is 13.7. The van der Waals surface area contributed by atoms with E-state index in [4.69, 9.17) is 12.2 Å². The second-order valence-corrected chi connectivity index (χ2v) is 3.20. The molecule has 0 aliphatic heterocycles. The number of carbonyl (C=O) groups excluding carboxylic acids is 1. The average Bonchev–Trinajstić information content (AvgIpc) is 2.12. The SMILES string of the molecule is C=CCN(C(=S)CC)C(C)(F)OC=O. The summed E-state index contributed by atoms with van der Waals surface area (Å²) in [5, 5.41) is 0. The Morgan fingerprint density at radius 3 is 2.71 bits per heavy atom. The first-order chi connectivity index (χ1) is 6.49. The van der Waals surface area contributed by atoms with E-state index >= 15 is 0 Å². The molecule has 0 saturated carbocycles. The molecule has 0 heterocycles. The first-order valence-corrected chi connectivity index (χ1v) is 4.62. The summed E-state index contributed by atoms with van der Waals surface area (Å²) in [5.74, 6) is -2.21. The fourth-order valence-electron chi connectivity index (χ4n) is 0.959. The van der Waals surface area contributed by atoms with Gasteiger partial charge in [-0.25, -0.2) is 0 Å². The smallest absolute Gasteiger partial charge is 0.331 e. The largest absolute Gasteiger partial charge is 0.412 e. The normalized spacial score (nSPS) is 13.9. The van der Waals surface area contributed by atoms with Crippen LogP contribution >= 0.6 is 12.2 Å². The minimum Gasteiger partial charge on any atom is -0.412 e. The fraction of sp³-hybridized carbons (Fsp3) is 0.556. The molecule has 14 heavy (non-hydrogen) atoms. The Balaban J connectivity index is 4.69. The monoisotopic (exact) mass is 219 g/mol. The number of halogens is 1. The molecule has 0 saturated heterocycles. The Labute approximate surface area is 88.5 Å². The van der Waals surface area contributed by atoms with E-state index in [9.17, 15) is 9.18 Å². The van der Waals surface area contributed by atoms with E-state index in [1.807, 2.05) is 0 Å². The van der Waals surface area contributed by atoms with E-state index in [2.05, 4.69) is 11.3 Å². The van der Waals surface area contributed by atoms with Crippen molar-refractivity contribution in [1.29, 1.82) is 0 Å². The van der Waals surface area contributed by atoms with Crippen LogP contribution in [0.5, 0.6) is 0 Å². The molecule has 0 aromatic rings. The van der Waals surface area contributed by atoms with E-state index in [1.165, 1.54) is 11.0 Å². The highest BCUT2D eigenvalue weighted by Crippen LogP contribution is 2.19. The molecular formula is C9H14FNO2S. The third-order valence-electron chi connectivity index (χ3n) is 1.66. The van der Waals surface area contributed by atoms with Crippen LogP contribution in [-0.2, 0) is 9.53 Å². The van der Waals surface area contributed by atoms with Crippen molar-refractivity contribution in [1.82, 2.24) is 4.90 Å². The molecule has 0 aliphatic rings. The predicted molar refractivity (Wildman–Crippen MR) is 56.5 cm³/mol. The molecule has 1 atom stereocenters. The standard InChI is InChI=1S/C9H14FNO2S/c1-4-6-11(8(14)5-2)9(3,10)13-7-12/h4,7H,1,5-6H2,2-3H3. The number of carbonyl (C=O) groups is 1. The van der Waals surface area contributed by atoms with Crippen molar-refractivity contribution in [3.05, 3.63) is 12.7 Å². The summed E-state index contributed by atoms with van der Waals surface area (Å²) in [6, 6.07) is 0. The van der Waals surface area contributed by atoms with E-state index in [0.29, 0.717) is 11.4 Å². The summed E-state index contributed by atoms with van der Waals surface area (Å²) in [5.41, 5.74) is 0. The van der Waals surface area contributed by atoms with Crippen molar-refractivity contribution >= 4 is 23.7 Å². The quantitative estimate of drug-likeness (QED) is 0.225. The molecule has 3 nitrogen and oxygen atoms in total. The van der Waals surface area contributed by atoms with Crippen LogP contribution < -0.4 is 0 Å². The Morgan fingerprint density at radius 2 is 2.36 bits per heavy atom. The van der Waals surface area contributed by atoms with Gasteiger partial charge in [-0.3, -0.25) is 9.69 Å².